The molecule has 11 nitrogen and oxygen atoms in total. The lowest BCUT2D eigenvalue weighted by molar-refractivity contribution is -0.142. The van der Waals surface area contributed by atoms with Gasteiger partial charge in [0.25, 0.3) is 0 Å². The van der Waals surface area contributed by atoms with Crippen LogP contribution in [-0.4, -0.2) is 133 Å². The molecule has 0 aromatic heterocycles. The molecule has 0 bridgehead atoms. The highest BCUT2D eigenvalue weighted by molar-refractivity contribution is 7.80. The first-order chi connectivity index (χ1) is 23.4. The number of amides is 2. The summed E-state index contributed by atoms with van der Waals surface area (Å²) in [6.07, 6.45) is 2.95. The van der Waals surface area contributed by atoms with E-state index in [2.05, 4.69) is 38.0 Å². The monoisotopic (exact) mass is 697 g/mol. The molecule has 4 aliphatic rings. The van der Waals surface area contributed by atoms with Gasteiger partial charge in [-0.3, -0.25) is 24.7 Å². The third-order valence-corrected chi connectivity index (χ3v) is 10.4. The molecule has 48 heavy (non-hydrogen) atoms. The van der Waals surface area contributed by atoms with Crippen molar-refractivity contribution in [3.63, 3.8) is 0 Å². The maximum absolute atomic E-state index is 14.0. The fraction of sp³-hybridized carbons (Fsp3) is 0.571. The van der Waals surface area contributed by atoms with Crippen LogP contribution in [0.3, 0.4) is 0 Å². The van der Waals surface area contributed by atoms with E-state index in [-0.39, 0.29) is 23.7 Å². The minimum absolute atomic E-state index is 0.0483. The minimum atomic E-state index is -0.723. The van der Waals surface area contributed by atoms with Crippen LogP contribution in [0.15, 0.2) is 47.5 Å². The van der Waals surface area contributed by atoms with Crippen molar-refractivity contribution < 1.29 is 19.4 Å². The predicted octanol–water partition coefficient (Wildman–Crippen LogP) is 3.05. The SMILES string of the molecule is O=C(CN1CCN(CCNC(O)[C@@H]2CCCC[C@@H]2C(=O)N2CCN(C3=Nc4ccccc4Oc4ccc(Cl)cc43)CC2)CC1)NCCS. The van der Waals surface area contributed by atoms with Gasteiger partial charge >= 0.3 is 0 Å². The number of para-hydroxylation sites is 2. The Morgan fingerprint density at radius 3 is 2.50 bits per heavy atom. The molecule has 3 fully saturated rings. The van der Waals surface area contributed by atoms with Crippen molar-refractivity contribution in [2.75, 3.05) is 84.3 Å². The third kappa shape index (κ3) is 8.64. The summed E-state index contributed by atoms with van der Waals surface area (Å²) in [5.41, 5.74) is 1.60. The predicted molar refractivity (Wildman–Crippen MR) is 192 cm³/mol. The fourth-order valence-corrected chi connectivity index (χ4v) is 7.58. The number of ether oxygens (including phenoxy) is 1. The molecule has 6 rings (SSSR count). The number of thiol groups is 1. The van der Waals surface area contributed by atoms with Gasteiger partial charge in [-0.15, -0.1) is 0 Å². The minimum Gasteiger partial charge on any atom is -0.454 e. The summed E-state index contributed by atoms with van der Waals surface area (Å²) < 4.78 is 6.23. The van der Waals surface area contributed by atoms with Gasteiger partial charge in [0.2, 0.25) is 11.8 Å². The van der Waals surface area contributed by atoms with Crippen LogP contribution in [-0.2, 0) is 9.59 Å². The van der Waals surface area contributed by atoms with Gasteiger partial charge in [0.1, 0.15) is 23.5 Å². The summed E-state index contributed by atoms with van der Waals surface area (Å²) in [5, 5.41) is 18.1. The maximum atomic E-state index is 14.0. The molecule has 3 N–H and O–H groups in total. The van der Waals surface area contributed by atoms with Crippen LogP contribution in [0.4, 0.5) is 5.69 Å². The molecular formula is C35H48ClN7O4S. The number of piperazine rings is 2. The number of hydrogen-bond acceptors (Lipinski definition) is 10. The van der Waals surface area contributed by atoms with Gasteiger partial charge in [0.15, 0.2) is 5.75 Å². The van der Waals surface area contributed by atoms with Crippen LogP contribution in [0.25, 0.3) is 0 Å². The quantitative estimate of drug-likeness (QED) is 0.222. The van der Waals surface area contributed by atoms with Gasteiger partial charge < -0.3 is 25.0 Å². The Bertz CT molecular complexity index is 1450. The summed E-state index contributed by atoms with van der Waals surface area (Å²) in [6.45, 7) is 8.41. The van der Waals surface area contributed by atoms with Crippen molar-refractivity contribution >= 4 is 47.6 Å². The number of halogens is 1. The van der Waals surface area contributed by atoms with Gasteiger partial charge in [-0.25, -0.2) is 4.99 Å². The lowest BCUT2D eigenvalue weighted by Crippen LogP contribution is -2.55. The van der Waals surface area contributed by atoms with Crippen LogP contribution < -0.4 is 15.4 Å². The second-order valence-corrected chi connectivity index (χ2v) is 14.0. The van der Waals surface area contributed by atoms with E-state index in [1.807, 2.05) is 47.4 Å². The topological polar surface area (TPSA) is 113 Å². The highest BCUT2D eigenvalue weighted by Crippen LogP contribution is 2.39. The zero-order valence-electron chi connectivity index (χ0n) is 27.5. The Balaban J connectivity index is 1.00. The van der Waals surface area contributed by atoms with E-state index in [0.29, 0.717) is 68.1 Å². The van der Waals surface area contributed by atoms with Crippen molar-refractivity contribution in [1.29, 1.82) is 0 Å². The average molecular weight is 698 g/mol. The number of hydrogen-bond donors (Lipinski definition) is 4. The van der Waals surface area contributed by atoms with Crippen LogP contribution >= 0.6 is 24.2 Å². The number of aliphatic hydroxyl groups is 1. The van der Waals surface area contributed by atoms with Gasteiger partial charge in [-0.2, -0.15) is 12.6 Å². The second kappa shape index (κ2) is 16.7. The second-order valence-electron chi connectivity index (χ2n) is 13.1. The molecule has 3 aliphatic heterocycles. The number of nitrogens with one attached hydrogen (secondary N) is 2. The summed E-state index contributed by atoms with van der Waals surface area (Å²) in [7, 11) is 0. The molecule has 1 aliphatic carbocycles. The van der Waals surface area contributed by atoms with Gasteiger partial charge in [0.05, 0.1) is 12.1 Å². The highest BCUT2D eigenvalue weighted by Gasteiger charge is 2.39. The molecule has 13 heteroatoms. The molecular weight excluding hydrogens is 650 g/mol. The Morgan fingerprint density at radius 2 is 1.71 bits per heavy atom. The molecule has 2 aromatic rings. The molecule has 2 saturated heterocycles. The lowest BCUT2D eigenvalue weighted by Gasteiger charge is -2.41. The van der Waals surface area contributed by atoms with Crippen LogP contribution in [0.1, 0.15) is 31.2 Å². The van der Waals surface area contributed by atoms with Crippen LogP contribution in [0.2, 0.25) is 5.02 Å². The Kier molecular flexibility index (Phi) is 12.2. The van der Waals surface area contributed by atoms with Crippen molar-refractivity contribution in [2.45, 2.75) is 31.9 Å². The first-order valence-corrected chi connectivity index (χ1v) is 18.3. The normalized spacial score (nSPS) is 22.5. The zero-order chi connectivity index (χ0) is 33.5. The van der Waals surface area contributed by atoms with Crippen molar-refractivity contribution in [1.82, 2.24) is 30.2 Å². The van der Waals surface area contributed by atoms with E-state index in [4.69, 9.17) is 21.3 Å². The molecule has 2 amide bonds. The van der Waals surface area contributed by atoms with Crippen molar-refractivity contribution in [3.8, 4) is 11.5 Å². The molecule has 2 aromatic carbocycles. The Morgan fingerprint density at radius 1 is 0.958 bits per heavy atom. The summed E-state index contributed by atoms with van der Waals surface area (Å²) >= 11 is 10.6. The van der Waals surface area contributed by atoms with Crippen LogP contribution in [0.5, 0.6) is 11.5 Å². The molecule has 3 atom stereocenters. The Hall–Kier alpha value is -2.87. The zero-order valence-corrected chi connectivity index (χ0v) is 29.2. The molecule has 3 heterocycles. The Labute approximate surface area is 294 Å². The van der Waals surface area contributed by atoms with E-state index in [1.165, 1.54) is 0 Å². The van der Waals surface area contributed by atoms with Gasteiger partial charge in [-0.05, 0) is 43.2 Å². The largest absolute Gasteiger partial charge is 0.454 e. The average Bonchev–Trinajstić information content (AvgIpc) is 3.28. The number of aliphatic imine (C=N–C) groups is 1. The molecule has 1 saturated carbocycles. The lowest BCUT2D eigenvalue weighted by atomic mass is 9.77. The third-order valence-electron chi connectivity index (χ3n) is 9.97. The van der Waals surface area contributed by atoms with Gasteiger partial charge in [0, 0.05) is 94.6 Å². The maximum Gasteiger partial charge on any atom is 0.234 e. The number of benzene rings is 2. The fourth-order valence-electron chi connectivity index (χ4n) is 7.30. The van der Waals surface area contributed by atoms with Crippen molar-refractivity contribution in [3.05, 3.63) is 53.1 Å². The smallest absolute Gasteiger partial charge is 0.234 e. The van der Waals surface area contributed by atoms with E-state index in [1.54, 1.807) is 0 Å². The number of carbonyl (C=O) groups excluding carboxylic acids is 2. The number of aliphatic hydroxyl groups excluding tert-OH is 1. The van der Waals surface area contributed by atoms with E-state index in [0.717, 1.165) is 75.5 Å². The number of carbonyl (C=O) groups is 2. The molecule has 260 valence electrons. The number of amidine groups is 1. The number of nitrogens with zero attached hydrogens (tertiary/aromatic N) is 5. The van der Waals surface area contributed by atoms with Gasteiger partial charge in [-0.1, -0.05) is 36.6 Å². The van der Waals surface area contributed by atoms with Crippen molar-refractivity contribution in [2.24, 2.45) is 16.8 Å². The highest BCUT2D eigenvalue weighted by atomic mass is 35.5. The first-order valence-electron chi connectivity index (χ1n) is 17.3. The molecule has 1 unspecified atom stereocenters. The van der Waals surface area contributed by atoms with E-state index >= 15 is 0 Å². The number of rotatable bonds is 10. The van der Waals surface area contributed by atoms with E-state index < -0.39 is 6.23 Å². The summed E-state index contributed by atoms with van der Waals surface area (Å²) in [6, 6.07) is 13.3. The van der Waals surface area contributed by atoms with Crippen LogP contribution in [0, 0.1) is 11.8 Å². The summed E-state index contributed by atoms with van der Waals surface area (Å²) in [4.78, 5) is 39.7. The number of fused-ring (bicyclic) bond motifs is 2. The summed E-state index contributed by atoms with van der Waals surface area (Å²) in [5.74, 6) is 2.74. The molecule has 0 radical (unpaired) electrons. The van der Waals surface area contributed by atoms with E-state index in [9.17, 15) is 14.7 Å². The standard InChI is InChI=1S/C35H48ClN7O4S/c36-25-9-10-30-28(23-25)33(39-29-7-3-4-8-31(29)47-30)42-18-20-43(21-19-42)35(46)27-6-2-1-5-26(27)34(45)38-11-13-40-14-16-41(17-15-40)24-32(44)37-12-22-48/h3-4,7-10,23,26-27,34,38,45,48H,1-2,5-6,11-22,24H2,(H,37,44)/t26-,27+,34?/m1/s1. The molecule has 0 spiro atoms. The first kappa shape index (κ1) is 35.0.